The van der Waals surface area contributed by atoms with Gasteiger partial charge in [-0.05, 0) is 48.7 Å². The minimum absolute atomic E-state index is 0.0336. The van der Waals surface area contributed by atoms with Crippen molar-refractivity contribution in [3.8, 4) is 0 Å². The third-order valence-electron chi connectivity index (χ3n) is 4.29. The molecule has 1 amide bonds. The molecule has 2 N–H and O–H groups in total. The van der Waals surface area contributed by atoms with Gasteiger partial charge >= 0.3 is 0 Å². The average Bonchev–Trinajstić information content (AvgIpc) is 3.43. The standard InChI is InChI=1S/C19H22ClN3O3S/c1-23(2)16-8-3-13(4-9-16)12-21-19(24)14-5-10-17(20)18(11-14)27(25,26)22-15-6-7-15/h3-5,8-11,15,22H,6-7,12H2,1-2H3,(H,21,24). The molecule has 1 fully saturated rings. The number of hydrogen-bond donors (Lipinski definition) is 2. The van der Waals surface area contributed by atoms with Gasteiger partial charge in [-0.3, -0.25) is 4.79 Å². The topological polar surface area (TPSA) is 78.5 Å². The summed E-state index contributed by atoms with van der Waals surface area (Å²) < 4.78 is 27.4. The van der Waals surface area contributed by atoms with Crippen molar-refractivity contribution in [1.82, 2.24) is 10.0 Å². The van der Waals surface area contributed by atoms with Crippen molar-refractivity contribution in [1.29, 1.82) is 0 Å². The molecule has 1 aliphatic rings. The van der Waals surface area contributed by atoms with Gasteiger partial charge in [-0.25, -0.2) is 13.1 Å². The first-order chi connectivity index (χ1) is 12.8. The lowest BCUT2D eigenvalue weighted by Crippen LogP contribution is -2.27. The normalized spacial score (nSPS) is 14.0. The molecule has 0 saturated heterocycles. The Balaban J connectivity index is 1.70. The summed E-state index contributed by atoms with van der Waals surface area (Å²) in [6, 6.07) is 12.0. The quantitative estimate of drug-likeness (QED) is 0.739. The molecular weight excluding hydrogens is 386 g/mol. The van der Waals surface area contributed by atoms with Crippen LogP contribution in [0.15, 0.2) is 47.4 Å². The van der Waals surface area contributed by atoms with E-state index in [4.69, 9.17) is 11.6 Å². The fourth-order valence-electron chi connectivity index (χ4n) is 2.53. The molecule has 0 atom stereocenters. The molecule has 2 aromatic carbocycles. The average molecular weight is 408 g/mol. The van der Waals surface area contributed by atoms with Gasteiger partial charge in [0.05, 0.1) is 5.02 Å². The third kappa shape index (κ3) is 5.00. The molecular formula is C19H22ClN3O3S. The van der Waals surface area contributed by atoms with Gasteiger partial charge in [0.15, 0.2) is 0 Å². The summed E-state index contributed by atoms with van der Waals surface area (Å²) in [6.07, 6.45) is 1.65. The summed E-state index contributed by atoms with van der Waals surface area (Å²) in [4.78, 5) is 14.4. The maximum Gasteiger partial charge on any atom is 0.251 e. The van der Waals surface area contributed by atoms with Crippen molar-refractivity contribution < 1.29 is 13.2 Å². The molecule has 0 aliphatic heterocycles. The molecule has 27 heavy (non-hydrogen) atoms. The van der Waals surface area contributed by atoms with E-state index in [-0.39, 0.29) is 27.4 Å². The lowest BCUT2D eigenvalue weighted by Gasteiger charge is -2.13. The fourth-order valence-corrected chi connectivity index (χ4v) is 4.36. The van der Waals surface area contributed by atoms with Crippen LogP contribution in [0.4, 0.5) is 5.69 Å². The molecule has 6 nitrogen and oxygen atoms in total. The van der Waals surface area contributed by atoms with E-state index in [0.717, 1.165) is 24.1 Å². The number of benzene rings is 2. The van der Waals surface area contributed by atoms with Crippen molar-refractivity contribution in [2.45, 2.75) is 30.3 Å². The van der Waals surface area contributed by atoms with E-state index < -0.39 is 10.0 Å². The zero-order valence-electron chi connectivity index (χ0n) is 15.2. The smallest absolute Gasteiger partial charge is 0.251 e. The first-order valence-electron chi connectivity index (χ1n) is 8.62. The van der Waals surface area contributed by atoms with Gasteiger partial charge in [-0.15, -0.1) is 0 Å². The molecule has 1 saturated carbocycles. The van der Waals surface area contributed by atoms with E-state index in [0.29, 0.717) is 6.54 Å². The van der Waals surface area contributed by atoms with Crippen LogP contribution in [0.3, 0.4) is 0 Å². The number of nitrogens with one attached hydrogen (secondary N) is 2. The number of sulfonamides is 1. The Bertz CT molecular complexity index is 939. The van der Waals surface area contributed by atoms with E-state index in [1.807, 2.05) is 43.3 Å². The minimum atomic E-state index is -3.73. The monoisotopic (exact) mass is 407 g/mol. The molecule has 0 unspecified atom stereocenters. The van der Waals surface area contributed by atoms with Crippen molar-refractivity contribution in [3.63, 3.8) is 0 Å². The van der Waals surface area contributed by atoms with Crippen molar-refractivity contribution in [2.24, 2.45) is 0 Å². The summed E-state index contributed by atoms with van der Waals surface area (Å²) in [5.74, 6) is -0.355. The van der Waals surface area contributed by atoms with Gasteiger partial charge in [-0.2, -0.15) is 0 Å². The van der Waals surface area contributed by atoms with Gasteiger partial charge in [0, 0.05) is 37.9 Å². The SMILES string of the molecule is CN(C)c1ccc(CNC(=O)c2ccc(Cl)c(S(=O)(=O)NC3CC3)c2)cc1. The predicted molar refractivity (Wildman–Crippen MR) is 107 cm³/mol. The Hall–Kier alpha value is -2.09. The first kappa shape index (κ1) is 19.7. The number of halogens is 1. The number of carbonyl (C=O) groups excluding carboxylic acids is 1. The second-order valence-electron chi connectivity index (χ2n) is 6.78. The molecule has 0 heterocycles. The van der Waals surface area contributed by atoms with Crippen molar-refractivity contribution in [2.75, 3.05) is 19.0 Å². The largest absolute Gasteiger partial charge is 0.378 e. The maximum absolute atomic E-state index is 12.4. The Morgan fingerprint density at radius 2 is 1.81 bits per heavy atom. The summed E-state index contributed by atoms with van der Waals surface area (Å²) in [5, 5.41) is 2.90. The molecule has 2 aromatic rings. The van der Waals surface area contributed by atoms with Crippen LogP contribution in [0.1, 0.15) is 28.8 Å². The van der Waals surface area contributed by atoms with Crippen LogP contribution < -0.4 is 14.9 Å². The highest BCUT2D eigenvalue weighted by Crippen LogP contribution is 2.27. The van der Waals surface area contributed by atoms with E-state index in [1.165, 1.54) is 18.2 Å². The number of amides is 1. The lowest BCUT2D eigenvalue weighted by molar-refractivity contribution is 0.0950. The fraction of sp³-hybridized carbons (Fsp3) is 0.316. The van der Waals surface area contributed by atoms with E-state index >= 15 is 0 Å². The Kier molecular flexibility index (Phi) is 5.74. The van der Waals surface area contributed by atoms with Crippen LogP contribution >= 0.6 is 11.6 Å². The van der Waals surface area contributed by atoms with Gasteiger partial charge < -0.3 is 10.2 Å². The van der Waals surface area contributed by atoms with Crippen LogP contribution in [0.2, 0.25) is 5.02 Å². The molecule has 3 rings (SSSR count). The maximum atomic E-state index is 12.4. The molecule has 0 aromatic heterocycles. The zero-order valence-corrected chi connectivity index (χ0v) is 16.8. The molecule has 144 valence electrons. The number of carbonyl (C=O) groups is 1. The second-order valence-corrected chi connectivity index (χ2v) is 8.87. The third-order valence-corrected chi connectivity index (χ3v) is 6.29. The van der Waals surface area contributed by atoms with Crippen molar-refractivity contribution >= 4 is 33.2 Å². The number of nitrogens with zero attached hydrogens (tertiary/aromatic N) is 1. The number of hydrogen-bond acceptors (Lipinski definition) is 4. The van der Waals surface area contributed by atoms with E-state index in [1.54, 1.807) is 0 Å². The summed E-state index contributed by atoms with van der Waals surface area (Å²) in [5.41, 5.74) is 2.27. The van der Waals surface area contributed by atoms with Crippen LogP contribution in [0.25, 0.3) is 0 Å². The Labute approximate surface area is 164 Å². The lowest BCUT2D eigenvalue weighted by atomic mass is 10.1. The molecule has 8 heteroatoms. The Morgan fingerprint density at radius 3 is 2.41 bits per heavy atom. The zero-order chi connectivity index (χ0) is 19.6. The van der Waals surface area contributed by atoms with Crippen LogP contribution in [0.5, 0.6) is 0 Å². The van der Waals surface area contributed by atoms with Gasteiger partial charge in [0.25, 0.3) is 5.91 Å². The molecule has 0 bridgehead atoms. The van der Waals surface area contributed by atoms with Gasteiger partial charge in [0.1, 0.15) is 4.90 Å². The van der Waals surface area contributed by atoms with Crippen LogP contribution in [-0.2, 0) is 16.6 Å². The highest BCUT2D eigenvalue weighted by molar-refractivity contribution is 7.89. The molecule has 1 aliphatic carbocycles. The summed E-state index contributed by atoms with van der Waals surface area (Å²) in [7, 11) is 0.188. The minimum Gasteiger partial charge on any atom is -0.378 e. The predicted octanol–water partition coefficient (Wildman–Crippen LogP) is 2.78. The highest BCUT2D eigenvalue weighted by Gasteiger charge is 2.29. The Morgan fingerprint density at radius 1 is 1.15 bits per heavy atom. The summed E-state index contributed by atoms with van der Waals surface area (Å²) in [6.45, 7) is 0.345. The molecule has 0 radical (unpaired) electrons. The first-order valence-corrected chi connectivity index (χ1v) is 10.5. The number of rotatable bonds is 7. The van der Waals surface area contributed by atoms with Crippen LogP contribution in [-0.4, -0.2) is 34.5 Å². The highest BCUT2D eigenvalue weighted by atomic mass is 35.5. The van der Waals surface area contributed by atoms with Crippen LogP contribution in [0, 0.1) is 0 Å². The van der Waals surface area contributed by atoms with Gasteiger partial charge in [0.2, 0.25) is 10.0 Å². The van der Waals surface area contributed by atoms with Gasteiger partial charge in [-0.1, -0.05) is 23.7 Å². The summed E-state index contributed by atoms with van der Waals surface area (Å²) >= 11 is 6.05. The second kappa shape index (κ2) is 7.88. The van der Waals surface area contributed by atoms with E-state index in [2.05, 4.69) is 10.0 Å². The van der Waals surface area contributed by atoms with Crippen molar-refractivity contribution in [3.05, 3.63) is 58.6 Å². The van der Waals surface area contributed by atoms with E-state index in [9.17, 15) is 13.2 Å². The molecule has 0 spiro atoms. The number of anilines is 1.